The zero-order valence-corrected chi connectivity index (χ0v) is 6.78. The largest absolute Gasteiger partial charge is 0.450 e. The van der Waals surface area contributed by atoms with Gasteiger partial charge < -0.3 is 4.52 Å². The van der Waals surface area contributed by atoms with Gasteiger partial charge in [-0.25, -0.2) is 0 Å². The van der Waals surface area contributed by atoms with Crippen LogP contribution in [0.4, 0.5) is 0 Å². The first-order chi connectivity index (χ1) is 5.38. The van der Waals surface area contributed by atoms with Crippen molar-refractivity contribution in [3.05, 3.63) is 36.1 Å². The summed E-state index contributed by atoms with van der Waals surface area (Å²) in [5.74, 6) is 0. The van der Waals surface area contributed by atoms with E-state index in [1.54, 1.807) is 0 Å². The third-order valence-electron chi connectivity index (χ3n) is 1.60. The van der Waals surface area contributed by atoms with Crippen LogP contribution in [0.3, 0.4) is 0 Å². The summed E-state index contributed by atoms with van der Waals surface area (Å²) in [5, 5.41) is 0.819. The highest BCUT2D eigenvalue weighted by Crippen LogP contribution is 2.28. The Balaban J connectivity index is 2.63. The van der Waals surface area contributed by atoms with Crippen molar-refractivity contribution in [2.45, 2.75) is 0 Å². The van der Waals surface area contributed by atoms with Crippen molar-refractivity contribution in [2.24, 2.45) is 0 Å². The van der Waals surface area contributed by atoms with Crippen LogP contribution in [-0.4, -0.2) is 0 Å². The molecule has 0 spiro atoms. The molecule has 1 atom stereocenters. The van der Waals surface area contributed by atoms with Crippen molar-refractivity contribution in [3.8, 4) is 0 Å². The van der Waals surface area contributed by atoms with Crippen molar-refractivity contribution in [1.29, 1.82) is 0 Å². The van der Waals surface area contributed by atoms with Crippen LogP contribution in [0.1, 0.15) is 5.56 Å². The van der Waals surface area contributed by atoms with E-state index in [1.165, 1.54) is 6.26 Å². The van der Waals surface area contributed by atoms with Crippen molar-refractivity contribution in [3.63, 3.8) is 0 Å². The summed E-state index contributed by atoms with van der Waals surface area (Å²) in [6, 6.07) is 7.55. The summed E-state index contributed by atoms with van der Waals surface area (Å²) in [7, 11) is -1.99. The van der Waals surface area contributed by atoms with E-state index in [9.17, 15) is 4.57 Å². The summed E-state index contributed by atoms with van der Waals surface area (Å²) < 4.78 is 16.1. The minimum Gasteiger partial charge on any atom is -0.450 e. The molecule has 0 amide bonds. The van der Waals surface area contributed by atoms with Gasteiger partial charge in [-0.1, -0.05) is 18.2 Å². The lowest BCUT2D eigenvalue weighted by Gasteiger charge is -2.09. The van der Waals surface area contributed by atoms with Gasteiger partial charge in [0.05, 0.1) is 11.6 Å². The van der Waals surface area contributed by atoms with Gasteiger partial charge >= 0.3 is 0 Å². The highest BCUT2D eigenvalue weighted by molar-refractivity contribution is 7.48. The summed E-state index contributed by atoms with van der Waals surface area (Å²) in [6.07, 6.45) is 3.31. The van der Waals surface area contributed by atoms with E-state index < -0.39 is 8.03 Å². The molecule has 0 N–H and O–H groups in total. The molecular weight excluding hydrogens is 159 g/mol. The number of hydrogen-bond donors (Lipinski definition) is 0. The number of fused-ring (bicyclic) bond motifs is 1. The van der Waals surface area contributed by atoms with Crippen molar-refractivity contribution >= 4 is 19.4 Å². The quantitative estimate of drug-likeness (QED) is 0.549. The molecule has 0 fully saturated rings. The van der Waals surface area contributed by atoms with E-state index in [2.05, 4.69) is 0 Å². The van der Waals surface area contributed by atoms with Crippen LogP contribution in [0.2, 0.25) is 0 Å². The topological polar surface area (TPSA) is 26.3 Å². The second-order valence-corrected chi connectivity index (χ2v) is 3.64. The second-order valence-electron chi connectivity index (χ2n) is 2.30. The van der Waals surface area contributed by atoms with E-state index in [0.29, 0.717) is 0 Å². The summed E-state index contributed by atoms with van der Waals surface area (Å²) in [4.78, 5) is 0. The zero-order valence-electron chi connectivity index (χ0n) is 5.78. The first-order valence-corrected chi connectivity index (χ1v) is 4.66. The average molecular weight is 166 g/mol. The van der Waals surface area contributed by atoms with Gasteiger partial charge in [-0.2, -0.15) is 0 Å². The van der Waals surface area contributed by atoms with Gasteiger partial charge in [-0.3, -0.25) is 4.57 Å². The molecular formula is C8H7O2P. The molecule has 1 unspecified atom stereocenters. The Morgan fingerprint density at radius 2 is 2.09 bits per heavy atom. The molecule has 1 heterocycles. The predicted octanol–water partition coefficient (Wildman–Crippen LogP) is 1.79. The van der Waals surface area contributed by atoms with E-state index in [0.717, 1.165) is 10.9 Å². The van der Waals surface area contributed by atoms with Crippen LogP contribution in [-0.2, 0) is 9.09 Å². The molecule has 0 saturated carbocycles. The van der Waals surface area contributed by atoms with Crippen LogP contribution in [0.5, 0.6) is 0 Å². The smallest absolute Gasteiger partial charge is 0.265 e. The maximum Gasteiger partial charge on any atom is 0.265 e. The Kier molecular flexibility index (Phi) is 1.55. The maximum absolute atomic E-state index is 11.2. The van der Waals surface area contributed by atoms with Crippen molar-refractivity contribution < 1.29 is 9.09 Å². The molecule has 56 valence electrons. The Morgan fingerprint density at radius 3 is 2.91 bits per heavy atom. The van der Waals surface area contributed by atoms with E-state index in [4.69, 9.17) is 4.52 Å². The second kappa shape index (κ2) is 2.55. The predicted molar refractivity (Wildman–Crippen MR) is 45.2 cm³/mol. The van der Waals surface area contributed by atoms with E-state index >= 15 is 0 Å². The molecule has 1 aromatic rings. The fraction of sp³-hybridized carbons (Fsp3) is 0. The molecule has 1 aliphatic heterocycles. The van der Waals surface area contributed by atoms with Gasteiger partial charge in [0.2, 0.25) is 0 Å². The fourth-order valence-corrected chi connectivity index (χ4v) is 2.01. The molecule has 2 rings (SSSR count). The minimum atomic E-state index is -1.99. The van der Waals surface area contributed by atoms with Gasteiger partial charge in [0.1, 0.15) is 0 Å². The van der Waals surface area contributed by atoms with Gasteiger partial charge in [0.15, 0.2) is 0 Å². The Morgan fingerprint density at radius 1 is 1.27 bits per heavy atom. The molecule has 1 aliphatic rings. The standard InChI is InChI=1S/C8H7O2P/c9-11-8-4-2-1-3-7(8)5-6-10-11/h1-6,11H. The number of benzene rings is 1. The monoisotopic (exact) mass is 166 g/mol. The average Bonchev–Trinajstić information content (AvgIpc) is 2.06. The number of rotatable bonds is 0. The Hall–Kier alpha value is -1.01. The summed E-state index contributed by atoms with van der Waals surface area (Å²) >= 11 is 0. The first kappa shape index (κ1) is 6.68. The minimum absolute atomic E-state index is 0.819. The van der Waals surface area contributed by atoms with Gasteiger partial charge in [0, 0.05) is 0 Å². The Labute approximate surface area is 65.4 Å². The number of hydrogen-bond acceptors (Lipinski definition) is 2. The third kappa shape index (κ3) is 1.10. The van der Waals surface area contributed by atoms with Gasteiger partial charge in [0.25, 0.3) is 8.03 Å². The summed E-state index contributed by atoms with van der Waals surface area (Å²) in [5.41, 5.74) is 1.00. The van der Waals surface area contributed by atoms with Gasteiger partial charge in [-0.05, 0) is 17.7 Å². The van der Waals surface area contributed by atoms with Crippen LogP contribution >= 0.6 is 8.03 Å². The van der Waals surface area contributed by atoms with Crippen molar-refractivity contribution in [2.75, 3.05) is 0 Å². The molecule has 0 bridgehead atoms. The molecule has 11 heavy (non-hydrogen) atoms. The lowest BCUT2D eigenvalue weighted by molar-refractivity contribution is 0.473. The zero-order chi connectivity index (χ0) is 7.68. The normalized spacial score (nSPS) is 20.5. The van der Waals surface area contributed by atoms with Crippen LogP contribution < -0.4 is 5.30 Å². The molecule has 0 saturated heterocycles. The highest BCUT2D eigenvalue weighted by Gasteiger charge is 2.09. The van der Waals surface area contributed by atoms with E-state index in [-0.39, 0.29) is 0 Å². The van der Waals surface area contributed by atoms with E-state index in [1.807, 2.05) is 30.3 Å². The van der Waals surface area contributed by atoms with Gasteiger partial charge in [-0.15, -0.1) is 0 Å². The van der Waals surface area contributed by atoms with Crippen LogP contribution in [0.25, 0.3) is 6.08 Å². The Bertz CT molecular complexity index is 331. The molecule has 0 aliphatic carbocycles. The molecule has 1 aromatic carbocycles. The SMILES string of the molecule is O=[PH]1OC=Cc2ccccc21. The fourth-order valence-electron chi connectivity index (χ4n) is 1.06. The molecule has 3 heteroatoms. The van der Waals surface area contributed by atoms with Crippen LogP contribution in [0.15, 0.2) is 30.5 Å². The van der Waals surface area contributed by atoms with Crippen LogP contribution in [0, 0.1) is 0 Å². The molecule has 2 nitrogen and oxygen atoms in total. The summed E-state index contributed by atoms with van der Waals surface area (Å²) in [6.45, 7) is 0. The maximum atomic E-state index is 11.2. The van der Waals surface area contributed by atoms with Crippen molar-refractivity contribution in [1.82, 2.24) is 0 Å². The molecule has 0 aromatic heterocycles. The lowest BCUT2D eigenvalue weighted by atomic mass is 10.2. The highest BCUT2D eigenvalue weighted by atomic mass is 31.1. The third-order valence-corrected chi connectivity index (χ3v) is 2.85. The first-order valence-electron chi connectivity index (χ1n) is 3.34. The lowest BCUT2D eigenvalue weighted by Crippen LogP contribution is -2.04. The molecule has 0 radical (unpaired) electrons.